The van der Waals surface area contributed by atoms with Crippen LogP contribution in [-0.2, 0) is 11.2 Å². The monoisotopic (exact) mass is 413 g/mol. The lowest BCUT2D eigenvalue weighted by atomic mass is 10.1. The third-order valence-electron chi connectivity index (χ3n) is 3.04. The van der Waals surface area contributed by atoms with Crippen LogP contribution in [-0.4, -0.2) is 23.0 Å². The van der Waals surface area contributed by atoms with Crippen LogP contribution in [0, 0.1) is 9.39 Å². The minimum Gasteiger partial charge on any atom is -0.480 e. The molecular weight excluding hydrogens is 400 g/mol. The molecule has 4 nitrogen and oxygen atoms in total. The van der Waals surface area contributed by atoms with Gasteiger partial charge in [-0.1, -0.05) is 12.1 Å². The first kappa shape index (κ1) is 16.4. The number of aliphatic carboxylic acids is 1. The molecule has 2 aromatic carbocycles. The zero-order chi connectivity index (χ0) is 16.1. The number of benzene rings is 2. The average Bonchev–Trinajstić information content (AvgIpc) is 2.47. The molecule has 114 valence electrons. The van der Waals surface area contributed by atoms with Crippen LogP contribution in [0.3, 0.4) is 0 Å². The van der Waals surface area contributed by atoms with Crippen LogP contribution in [0.4, 0.5) is 4.39 Å². The zero-order valence-electron chi connectivity index (χ0n) is 11.4. The molecule has 1 atom stereocenters. The lowest BCUT2D eigenvalue weighted by Crippen LogP contribution is -2.42. The molecule has 0 saturated carbocycles. The lowest BCUT2D eigenvalue weighted by molar-refractivity contribution is -0.139. The molecule has 2 aromatic rings. The molecule has 0 saturated heterocycles. The van der Waals surface area contributed by atoms with Gasteiger partial charge in [0.2, 0.25) is 0 Å². The van der Waals surface area contributed by atoms with Gasteiger partial charge in [0.05, 0.1) is 0 Å². The normalized spacial score (nSPS) is 11.7. The van der Waals surface area contributed by atoms with Gasteiger partial charge in [-0.15, -0.1) is 0 Å². The molecule has 0 aliphatic heterocycles. The van der Waals surface area contributed by atoms with Crippen molar-refractivity contribution in [2.75, 3.05) is 0 Å². The van der Waals surface area contributed by atoms with E-state index < -0.39 is 23.7 Å². The van der Waals surface area contributed by atoms with Gasteiger partial charge in [-0.3, -0.25) is 4.79 Å². The highest BCUT2D eigenvalue weighted by Crippen LogP contribution is 2.11. The van der Waals surface area contributed by atoms with Gasteiger partial charge in [0.15, 0.2) is 0 Å². The number of carboxylic acids is 1. The minimum atomic E-state index is -1.12. The Morgan fingerprint density at radius 3 is 2.45 bits per heavy atom. The molecule has 0 radical (unpaired) electrons. The van der Waals surface area contributed by atoms with E-state index in [1.807, 2.05) is 24.3 Å². The van der Waals surface area contributed by atoms with Crippen LogP contribution < -0.4 is 5.32 Å². The summed E-state index contributed by atoms with van der Waals surface area (Å²) in [6.07, 6.45) is 0.180. The molecule has 6 heteroatoms. The molecule has 0 aromatic heterocycles. The molecular formula is C16H13FINO3. The summed E-state index contributed by atoms with van der Waals surface area (Å²) in [5.41, 5.74) is 1.04. The van der Waals surface area contributed by atoms with Crippen molar-refractivity contribution in [1.82, 2.24) is 5.32 Å². The Kier molecular flexibility index (Phi) is 5.48. The number of rotatable bonds is 5. The van der Waals surface area contributed by atoms with E-state index in [9.17, 15) is 19.1 Å². The Morgan fingerprint density at radius 1 is 1.18 bits per heavy atom. The van der Waals surface area contributed by atoms with Crippen LogP contribution in [0.25, 0.3) is 0 Å². The molecule has 0 heterocycles. The van der Waals surface area contributed by atoms with E-state index in [0.717, 1.165) is 21.3 Å². The number of halogens is 2. The van der Waals surface area contributed by atoms with Gasteiger partial charge in [-0.2, -0.15) is 0 Å². The van der Waals surface area contributed by atoms with Crippen LogP contribution >= 0.6 is 22.6 Å². The second kappa shape index (κ2) is 7.35. The van der Waals surface area contributed by atoms with Crippen LogP contribution in [0.15, 0.2) is 48.5 Å². The van der Waals surface area contributed by atoms with E-state index in [4.69, 9.17) is 0 Å². The zero-order valence-corrected chi connectivity index (χ0v) is 13.6. The van der Waals surface area contributed by atoms with E-state index in [1.165, 1.54) is 12.1 Å². The molecule has 0 spiro atoms. The maximum Gasteiger partial charge on any atom is 0.326 e. The number of hydrogen-bond acceptors (Lipinski definition) is 2. The summed E-state index contributed by atoms with van der Waals surface area (Å²) in [6.45, 7) is 0. The second-order valence-corrected chi connectivity index (χ2v) is 5.95. The first-order valence-electron chi connectivity index (χ1n) is 6.49. The average molecular weight is 413 g/mol. The summed E-state index contributed by atoms with van der Waals surface area (Å²) in [6, 6.07) is 11.3. The SMILES string of the molecule is O=C(N[C@@H](Cc1cccc(I)c1)C(=O)O)c1ccc(F)cc1. The Hall–Kier alpha value is -1.96. The highest BCUT2D eigenvalue weighted by Gasteiger charge is 2.21. The predicted octanol–water partition coefficient (Wildman–Crippen LogP) is 2.86. The summed E-state index contributed by atoms with van der Waals surface area (Å²) < 4.78 is 13.8. The van der Waals surface area contributed by atoms with Gasteiger partial charge in [-0.25, -0.2) is 9.18 Å². The van der Waals surface area contributed by atoms with E-state index in [0.29, 0.717) is 0 Å². The second-order valence-electron chi connectivity index (χ2n) is 4.71. The largest absolute Gasteiger partial charge is 0.480 e. The number of hydrogen-bond donors (Lipinski definition) is 2. The van der Waals surface area contributed by atoms with E-state index >= 15 is 0 Å². The molecule has 0 aliphatic rings. The number of nitrogens with one attached hydrogen (secondary N) is 1. The van der Waals surface area contributed by atoms with Crippen molar-refractivity contribution in [3.63, 3.8) is 0 Å². The van der Waals surface area contributed by atoms with Gasteiger partial charge in [-0.05, 0) is 64.6 Å². The molecule has 2 N–H and O–H groups in total. The standard InChI is InChI=1S/C16H13FINO3/c17-12-6-4-11(5-7-12)15(20)19-14(16(21)22)9-10-2-1-3-13(18)8-10/h1-8,14H,9H2,(H,19,20)(H,21,22)/t14-/m0/s1. The third kappa shape index (κ3) is 4.52. The Bertz CT molecular complexity index is 688. The fraction of sp³-hybridized carbons (Fsp3) is 0.125. The Morgan fingerprint density at radius 2 is 1.86 bits per heavy atom. The van der Waals surface area contributed by atoms with Crippen molar-refractivity contribution in [1.29, 1.82) is 0 Å². The van der Waals surface area contributed by atoms with E-state index in [2.05, 4.69) is 27.9 Å². The van der Waals surface area contributed by atoms with Crippen molar-refractivity contribution < 1.29 is 19.1 Å². The molecule has 22 heavy (non-hydrogen) atoms. The fourth-order valence-electron chi connectivity index (χ4n) is 1.94. The van der Waals surface area contributed by atoms with Crippen LogP contribution in [0.5, 0.6) is 0 Å². The summed E-state index contributed by atoms with van der Waals surface area (Å²) >= 11 is 2.14. The quantitative estimate of drug-likeness (QED) is 0.742. The molecule has 1 amide bonds. The lowest BCUT2D eigenvalue weighted by Gasteiger charge is -2.15. The van der Waals surface area contributed by atoms with E-state index in [1.54, 1.807) is 0 Å². The van der Waals surface area contributed by atoms with Crippen molar-refractivity contribution in [2.24, 2.45) is 0 Å². The first-order valence-corrected chi connectivity index (χ1v) is 7.57. The molecule has 0 bridgehead atoms. The maximum atomic E-state index is 12.8. The number of carbonyl (C=O) groups is 2. The van der Waals surface area contributed by atoms with Crippen molar-refractivity contribution in [3.8, 4) is 0 Å². The van der Waals surface area contributed by atoms with Gasteiger partial charge in [0, 0.05) is 15.6 Å². The predicted molar refractivity (Wildman–Crippen MR) is 88.2 cm³/mol. The van der Waals surface area contributed by atoms with E-state index in [-0.39, 0.29) is 12.0 Å². The van der Waals surface area contributed by atoms with Crippen LogP contribution in [0.2, 0.25) is 0 Å². The van der Waals surface area contributed by atoms with Crippen molar-refractivity contribution >= 4 is 34.5 Å². The summed E-state index contributed by atoms with van der Waals surface area (Å²) in [4.78, 5) is 23.4. The summed E-state index contributed by atoms with van der Waals surface area (Å²) in [5, 5.41) is 11.7. The van der Waals surface area contributed by atoms with Crippen molar-refractivity contribution in [3.05, 3.63) is 69.0 Å². The highest BCUT2D eigenvalue weighted by molar-refractivity contribution is 14.1. The molecule has 0 fully saturated rings. The Balaban J connectivity index is 2.10. The molecule has 2 rings (SSSR count). The summed E-state index contributed by atoms with van der Waals surface area (Å²) in [7, 11) is 0. The van der Waals surface area contributed by atoms with Crippen LogP contribution in [0.1, 0.15) is 15.9 Å². The topological polar surface area (TPSA) is 66.4 Å². The van der Waals surface area contributed by atoms with Gasteiger partial charge in [0.1, 0.15) is 11.9 Å². The van der Waals surface area contributed by atoms with Crippen molar-refractivity contribution in [2.45, 2.75) is 12.5 Å². The van der Waals surface area contributed by atoms with Gasteiger partial charge < -0.3 is 10.4 Å². The van der Waals surface area contributed by atoms with Gasteiger partial charge >= 0.3 is 5.97 Å². The highest BCUT2D eigenvalue weighted by atomic mass is 127. The summed E-state index contributed by atoms with van der Waals surface area (Å²) in [5.74, 6) is -2.11. The first-order chi connectivity index (χ1) is 10.5. The number of carboxylic acid groups (broad SMARTS) is 1. The van der Waals surface area contributed by atoms with Gasteiger partial charge in [0.25, 0.3) is 5.91 Å². The Labute approximate surface area is 140 Å². The third-order valence-corrected chi connectivity index (χ3v) is 3.71. The number of carbonyl (C=O) groups excluding carboxylic acids is 1. The molecule has 0 unspecified atom stereocenters. The minimum absolute atomic E-state index is 0.180. The fourth-order valence-corrected chi connectivity index (χ4v) is 2.55. The molecule has 0 aliphatic carbocycles. The maximum absolute atomic E-state index is 12.8. The smallest absolute Gasteiger partial charge is 0.326 e. The number of amides is 1.